The van der Waals surface area contributed by atoms with Gasteiger partial charge in [0.05, 0.1) is 0 Å². The zero-order valence-electron chi connectivity index (χ0n) is 14.3. The standard InChI is InChI=1S/C20H28O3/c1-12(21)23-19-11-16-13(10-18(19)22)5-6-15-14(16)7-9-20(2)8-3-4-17(15)20/h10,14-17,19H,3-9,11H2,1-2H3/t14-,15+,16-,17-,19?,20-/m0/s1. The minimum Gasteiger partial charge on any atom is -0.454 e. The molecule has 6 atom stereocenters. The van der Waals surface area contributed by atoms with Gasteiger partial charge in [-0.2, -0.15) is 0 Å². The molecule has 4 rings (SSSR count). The molecule has 23 heavy (non-hydrogen) atoms. The SMILES string of the molecule is CC(=O)OC1C[C@H]2C(=CC1=O)CC[C@@H]1[C@@H]2CC[C@]2(C)CCC[C@@H]12. The fourth-order valence-corrected chi connectivity index (χ4v) is 6.45. The summed E-state index contributed by atoms with van der Waals surface area (Å²) in [5.74, 6) is 2.56. The van der Waals surface area contributed by atoms with Crippen LogP contribution in [-0.2, 0) is 14.3 Å². The van der Waals surface area contributed by atoms with E-state index in [2.05, 4.69) is 6.92 Å². The fourth-order valence-electron chi connectivity index (χ4n) is 6.45. The molecule has 3 fully saturated rings. The van der Waals surface area contributed by atoms with Crippen LogP contribution in [-0.4, -0.2) is 17.9 Å². The van der Waals surface area contributed by atoms with Crippen molar-refractivity contribution in [2.75, 3.05) is 0 Å². The number of fused-ring (bicyclic) bond motifs is 5. The van der Waals surface area contributed by atoms with Gasteiger partial charge in [-0.1, -0.05) is 18.9 Å². The largest absolute Gasteiger partial charge is 0.454 e. The zero-order chi connectivity index (χ0) is 16.2. The average Bonchev–Trinajstić information content (AvgIpc) is 2.89. The van der Waals surface area contributed by atoms with E-state index in [1.807, 2.05) is 6.08 Å². The molecule has 0 bridgehead atoms. The van der Waals surface area contributed by atoms with Gasteiger partial charge in [0.1, 0.15) is 0 Å². The number of allylic oxidation sites excluding steroid dienone is 1. The molecule has 0 saturated heterocycles. The van der Waals surface area contributed by atoms with Gasteiger partial charge in [0.25, 0.3) is 0 Å². The molecule has 4 aliphatic carbocycles. The first kappa shape index (κ1) is 15.4. The highest BCUT2D eigenvalue weighted by atomic mass is 16.5. The number of carbonyl (C=O) groups is 2. The highest BCUT2D eigenvalue weighted by Crippen LogP contribution is 2.61. The van der Waals surface area contributed by atoms with Crippen LogP contribution in [0, 0.1) is 29.1 Å². The van der Waals surface area contributed by atoms with Gasteiger partial charge in [-0.05, 0) is 80.1 Å². The second-order valence-electron chi connectivity index (χ2n) is 8.62. The summed E-state index contributed by atoms with van der Waals surface area (Å²) in [6.07, 6.45) is 11.2. The Morgan fingerprint density at radius 1 is 1.22 bits per heavy atom. The molecular formula is C20H28O3. The lowest BCUT2D eigenvalue weighted by molar-refractivity contribution is -0.153. The third-order valence-corrected chi connectivity index (χ3v) is 7.45. The first-order valence-electron chi connectivity index (χ1n) is 9.39. The summed E-state index contributed by atoms with van der Waals surface area (Å²) < 4.78 is 5.31. The third-order valence-electron chi connectivity index (χ3n) is 7.45. The predicted molar refractivity (Wildman–Crippen MR) is 87.6 cm³/mol. The van der Waals surface area contributed by atoms with Crippen molar-refractivity contribution in [3.63, 3.8) is 0 Å². The lowest BCUT2D eigenvalue weighted by Crippen LogP contribution is -2.46. The minimum atomic E-state index is -0.531. The van der Waals surface area contributed by atoms with Crippen LogP contribution in [0.5, 0.6) is 0 Å². The summed E-state index contributed by atoms with van der Waals surface area (Å²) in [5.41, 5.74) is 1.92. The highest BCUT2D eigenvalue weighted by molar-refractivity contribution is 5.96. The Balaban J connectivity index is 1.58. The van der Waals surface area contributed by atoms with Gasteiger partial charge in [0, 0.05) is 6.92 Å². The van der Waals surface area contributed by atoms with Crippen molar-refractivity contribution in [3.05, 3.63) is 11.6 Å². The number of ketones is 1. The number of hydrogen-bond donors (Lipinski definition) is 0. The summed E-state index contributed by atoms with van der Waals surface area (Å²) in [4.78, 5) is 23.5. The third kappa shape index (κ3) is 2.47. The van der Waals surface area contributed by atoms with Crippen molar-refractivity contribution in [1.82, 2.24) is 0 Å². The molecular weight excluding hydrogens is 288 g/mol. The van der Waals surface area contributed by atoms with Crippen molar-refractivity contribution in [1.29, 1.82) is 0 Å². The molecule has 0 radical (unpaired) electrons. The maximum Gasteiger partial charge on any atom is 0.303 e. The number of carbonyl (C=O) groups excluding carboxylic acids is 2. The summed E-state index contributed by atoms with van der Waals surface area (Å²) in [6.45, 7) is 3.92. The Morgan fingerprint density at radius 3 is 2.83 bits per heavy atom. The number of rotatable bonds is 1. The van der Waals surface area contributed by atoms with Crippen molar-refractivity contribution < 1.29 is 14.3 Å². The Labute approximate surface area is 138 Å². The fraction of sp³-hybridized carbons (Fsp3) is 0.800. The molecule has 0 aromatic heterocycles. The molecule has 3 nitrogen and oxygen atoms in total. The monoisotopic (exact) mass is 316 g/mol. The molecule has 1 unspecified atom stereocenters. The number of hydrogen-bond acceptors (Lipinski definition) is 3. The van der Waals surface area contributed by atoms with Crippen LogP contribution in [0.15, 0.2) is 11.6 Å². The minimum absolute atomic E-state index is 0.00594. The summed E-state index contributed by atoms with van der Waals surface area (Å²) in [5, 5.41) is 0. The molecule has 3 saturated carbocycles. The Hall–Kier alpha value is -1.12. The van der Waals surface area contributed by atoms with Crippen molar-refractivity contribution in [2.24, 2.45) is 29.1 Å². The van der Waals surface area contributed by atoms with E-state index in [9.17, 15) is 9.59 Å². The van der Waals surface area contributed by atoms with Gasteiger partial charge in [0.2, 0.25) is 0 Å². The molecule has 0 aliphatic heterocycles. The van der Waals surface area contributed by atoms with Gasteiger partial charge >= 0.3 is 5.97 Å². The highest BCUT2D eigenvalue weighted by Gasteiger charge is 2.53. The van der Waals surface area contributed by atoms with E-state index in [1.54, 1.807) is 0 Å². The van der Waals surface area contributed by atoms with Crippen LogP contribution < -0.4 is 0 Å². The Morgan fingerprint density at radius 2 is 2.04 bits per heavy atom. The van der Waals surface area contributed by atoms with Gasteiger partial charge in [0.15, 0.2) is 11.9 Å². The topological polar surface area (TPSA) is 43.4 Å². The summed E-state index contributed by atoms with van der Waals surface area (Å²) >= 11 is 0. The second-order valence-corrected chi connectivity index (χ2v) is 8.62. The van der Waals surface area contributed by atoms with Gasteiger partial charge < -0.3 is 4.74 Å². The normalized spacial score (nSPS) is 45.6. The summed E-state index contributed by atoms with van der Waals surface area (Å²) in [6, 6.07) is 0. The Kier molecular flexibility index (Phi) is 3.66. The zero-order valence-corrected chi connectivity index (χ0v) is 14.3. The maximum absolute atomic E-state index is 12.2. The number of ether oxygens (including phenoxy) is 1. The average molecular weight is 316 g/mol. The van der Waals surface area contributed by atoms with Crippen molar-refractivity contribution >= 4 is 11.8 Å². The quantitative estimate of drug-likeness (QED) is 0.685. The molecule has 0 spiro atoms. The van der Waals surface area contributed by atoms with Crippen LogP contribution in [0.4, 0.5) is 0 Å². The second kappa shape index (κ2) is 5.46. The van der Waals surface area contributed by atoms with Crippen LogP contribution in [0.1, 0.15) is 65.2 Å². The first-order valence-corrected chi connectivity index (χ1v) is 9.39. The maximum atomic E-state index is 12.2. The molecule has 0 aromatic carbocycles. The number of esters is 1. The molecule has 0 N–H and O–H groups in total. The van der Waals surface area contributed by atoms with Crippen LogP contribution in [0.3, 0.4) is 0 Å². The van der Waals surface area contributed by atoms with Gasteiger partial charge in [-0.15, -0.1) is 0 Å². The van der Waals surface area contributed by atoms with Crippen LogP contribution >= 0.6 is 0 Å². The van der Waals surface area contributed by atoms with E-state index >= 15 is 0 Å². The Bertz CT molecular complexity index is 563. The van der Waals surface area contributed by atoms with Gasteiger partial charge in [-0.25, -0.2) is 0 Å². The molecule has 0 amide bonds. The smallest absolute Gasteiger partial charge is 0.303 e. The lowest BCUT2D eigenvalue weighted by Gasteiger charge is -2.53. The van der Waals surface area contributed by atoms with E-state index in [0.29, 0.717) is 17.3 Å². The van der Waals surface area contributed by atoms with Crippen molar-refractivity contribution in [3.8, 4) is 0 Å². The van der Waals surface area contributed by atoms with E-state index in [-0.39, 0.29) is 11.8 Å². The predicted octanol–water partition coefficient (Wildman–Crippen LogP) is 4.06. The summed E-state index contributed by atoms with van der Waals surface area (Å²) in [7, 11) is 0. The molecule has 3 heteroatoms. The van der Waals surface area contributed by atoms with Crippen LogP contribution in [0.2, 0.25) is 0 Å². The molecule has 0 heterocycles. The van der Waals surface area contributed by atoms with E-state index in [1.165, 1.54) is 51.0 Å². The lowest BCUT2D eigenvalue weighted by atomic mass is 9.52. The van der Waals surface area contributed by atoms with Crippen LogP contribution in [0.25, 0.3) is 0 Å². The molecule has 126 valence electrons. The first-order chi connectivity index (χ1) is 11.0. The molecule has 0 aromatic rings. The molecule has 4 aliphatic rings. The van der Waals surface area contributed by atoms with E-state index in [0.717, 1.165) is 24.7 Å². The van der Waals surface area contributed by atoms with E-state index < -0.39 is 6.10 Å². The van der Waals surface area contributed by atoms with E-state index in [4.69, 9.17) is 4.74 Å². The van der Waals surface area contributed by atoms with Crippen molar-refractivity contribution in [2.45, 2.75) is 71.3 Å². The van der Waals surface area contributed by atoms with Gasteiger partial charge in [-0.3, -0.25) is 9.59 Å².